The highest BCUT2D eigenvalue weighted by Crippen LogP contribution is 2.04. The van der Waals surface area contributed by atoms with E-state index in [1.165, 1.54) is 11.3 Å². The molecule has 5 heteroatoms. The fraction of sp³-hybridized carbons (Fsp3) is 0.600. The first-order chi connectivity index (χ1) is 7.24. The van der Waals surface area contributed by atoms with Crippen LogP contribution in [0.15, 0.2) is 11.7 Å². The maximum Gasteiger partial charge on any atom is 0.237 e. The van der Waals surface area contributed by atoms with Crippen LogP contribution in [0, 0.1) is 0 Å². The number of nitrogens with one attached hydrogen (secondary N) is 1. The summed E-state index contributed by atoms with van der Waals surface area (Å²) < 4.78 is 0. The number of nitrogens with two attached hydrogens (primary N) is 1. The number of hydrogen-bond acceptors (Lipinski definition) is 4. The molecule has 0 aliphatic carbocycles. The molecule has 1 aromatic rings. The number of carbonyl (C=O) groups is 1. The van der Waals surface area contributed by atoms with E-state index in [0.29, 0.717) is 6.54 Å². The van der Waals surface area contributed by atoms with E-state index in [-0.39, 0.29) is 11.9 Å². The van der Waals surface area contributed by atoms with Gasteiger partial charge in [-0.15, -0.1) is 11.3 Å². The normalized spacial score (nSPS) is 12.4. The molecule has 0 saturated heterocycles. The van der Waals surface area contributed by atoms with E-state index in [1.807, 2.05) is 0 Å². The minimum atomic E-state index is -0.377. The lowest BCUT2D eigenvalue weighted by Gasteiger charge is -2.10. The number of aromatic nitrogens is 1. The van der Waals surface area contributed by atoms with Crippen LogP contribution < -0.4 is 11.1 Å². The molecular formula is C10H17N3OS. The highest BCUT2D eigenvalue weighted by molar-refractivity contribution is 7.09. The zero-order valence-corrected chi connectivity index (χ0v) is 9.72. The Labute approximate surface area is 93.9 Å². The van der Waals surface area contributed by atoms with Crippen molar-refractivity contribution in [2.45, 2.75) is 38.8 Å². The van der Waals surface area contributed by atoms with Gasteiger partial charge >= 0.3 is 0 Å². The molecule has 0 saturated carbocycles. The third-order valence-electron chi connectivity index (χ3n) is 2.13. The molecule has 0 fully saturated rings. The minimum Gasteiger partial charge on any atom is -0.350 e. The first kappa shape index (κ1) is 12.1. The molecule has 0 spiro atoms. The van der Waals surface area contributed by atoms with Crippen LogP contribution in [0.5, 0.6) is 0 Å². The van der Waals surface area contributed by atoms with Crippen molar-refractivity contribution >= 4 is 17.2 Å². The van der Waals surface area contributed by atoms with Gasteiger partial charge < -0.3 is 11.1 Å². The molecule has 0 aliphatic rings. The molecule has 1 amide bonds. The summed E-state index contributed by atoms with van der Waals surface area (Å²) in [4.78, 5) is 16.5. The lowest BCUT2D eigenvalue weighted by molar-refractivity contribution is -0.122. The van der Waals surface area contributed by atoms with Crippen LogP contribution in [-0.2, 0) is 11.3 Å². The highest BCUT2D eigenvalue weighted by Gasteiger charge is 2.11. The van der Waals surface area contributed by atoms with Crippen LogP contribution >= 0.6 is 11.3 Å². The van der Waals surface area contributed by atoms with Gasteiger partial charge in [-0.1, -0.05) is 19.8 Å². The SMILES string of the molecule is CCCC[C@H](N)C(=O)NCc1cncs1. The van der Waals surface area contributed by atoms with Gasteiger partial charge in [0.1, 0.15) is 0 Å². The standard InChI is InChI=1S/C10H17N3OS/c1-2-3-4-9(11)10(14)13-6-8-5-12-7-15-8/h5,7,9H,2-4,6,11H2,1H3,(H,13,14)/t9-/m0/s1. The maximum absolute atomic E-state index is 11.5. The number of amides is 1. The maximum atomic E-state index is 11.5. The van der Waals surface area contributed by atoms with Gasteiger partial charge in [-0.05, 0) is 6.42 Å². The molecule has 0 bridgehead atoms. The van der Waals surface area contributed by atoms with Crippen molar-refractivity contribution in [1.29, 1.82) is 0 Å². The van der Waals surface area contributed by atoms with E-state index in [0.717, 1.165) is 24.1 Å². The van der Waals surface area contributed by atoms with Crippen LogP contribution in [-0.4, -0.2) is 16.9 Å². The van der Waals surface area contributed by atoms with Crippen LogP contribution in [0.3, 0.4) is 0 Å². The van der Waals surface area contributed by atoms with Crippen LogP contribution in [0.2, 0.25) is 0 Å². The van der Waals surface area contributed by atoms with E-state index in [9.17, 15) is 4.79 Å². The Kier molecular flexibility index (Phi) is 5.28. The molecular weight excluding hydrogens is 210 g/mol. The molecule has 0 radical (unpaired) electrons. The number of carbonyl (C=O) groups excluding carboxylic acids is 1. The highest BCUT2D eigenvalue weighted by atomic mass is 32.1. The Balaban J connectivity index is 2.23. The Hall–Kier alpha value is -0.940. The largest absolute Gasteiger partial charge is 0.350 e. The van der Waals surface area contributed by atoms with Gasteiger partial charge in [0.15, 0.2) is 0 Å². The van der Waals surface area contributed by atoms with Crippen LogP contribution in [0.1, 0.15) is 31.1 Å². The first-order valence-electron chi connectivity index (χ1n) is 5.14. The van der Waals surface area contributed by atoms with E-state index >= 15 is 0 Å². The average molecular weight is 227 g/mol. The number of hydrogen-bond donors (Lipinski definition) is 2. The molecule has 1 rings (SSSR count). The van der Waals surface area contributed by atoms with Gasteiger partial charge in [0.2, 0.25) is 5.91 Å². The van der Waals surface area contributed by atoms with Crippen molar-refractivity contribution in [3.05, 3.63) is 16.6 Å². The van der Waals surface area contributed by atoms with Gasteiger partial charge in [0, 0.05) is 11.1 Å². The topological polar surface area (TPSA) is 68.0 Å². The Morgan fingerprint density at radius 2 is 2.53 bits per heavy atom. The Morgan fingerprint density at radius 3 is 3.13 bits per heavy atom. The summed E-state index contributed by atoms with van der Waals surface area (Å²) in [6, 6.07) is -0.377. The molecule has 0 unspecified atom stereocenters. The fourth-order valence-corrected chi connectivity index (χ4v) is 1.72. The second-order valence-corrected chi connectivity index (χ2v) is 4.41. The molecule has 84 valence electrons. The van der Waals surface area contributed by atoms with Crippen LogP contribution in [0.4, 0.5) is 0 Å². The Morgan fingerprint density at radius 1 is 1.73 bits per heavy atom. The van der Waals surface area contributed by atoms with Gasteiger partial charge in [-0.25, -0.2) is 0 Å². The summed E-state index contributed by atoms with van der Waals surface area (Å²) in [5.41, 5.74) is 7.47. The first-order valence-corrected chi connectivity index (χ1v) is 6.02. The number of thiazole rings is 1. The minimum absolute atomic E-state index is 0.0724. The monoisotopic (exact) mass is 227 g/mol. The molecule has 1 heterocycles. The molecule has 3 N–H and O–H groups in total. The molecule has 1 atom stereocenters. The van der Waals surface area contributed by atoms with E-state index in [2.05, 4.69) is 17.2 Å². The third-order valence-corrected chi connectivity index (χ3v) is 2.91. The van der Waals surface area contributed by atoms with E-state index < -0.39 is 0 Å². The van der Waals surface area contributed by atoms with Gasteiger partial charge in [0.25, 0.3) is 0 Å². The van der Waals surface area contributed by atoms with E-state index in [1.54, 1.807) is 11.7 Å². The fourth-order valence-electron chi connectivity index (χ4n) is 1.19. The summed E-state index contributed by atoms with van der Waals surface area (Å²) in [6.07, 6.45) is 4.57. The smallest absolute Gasteiger partial charge is 0.237 e. The zero-order chi connectivity index (χ0) is 11.1. The van der Waals surface area contributed by atoms with Crippen molar-refractivity contribution in [2.75, 3.05) is 0 Å². The quantitative estimate of drug-likeness (QED) is 0.769. The number of nitrogens with zero attached hydrogens (tertiary/aromatic N) is 1. The summed E-state index contributed by atoms with van der Waals surface area (Å²) in [5, 5.41) is 2.80. The molecule has 1 aromatic heterocycles. The molecule has 0 aromatic carbocycles. The lowest BCUT2D eigenvalue weighted by Crippen LogP contribution is -2.40. The second-order valence-electron chi connectivity index (χ2n) is 3.43. The molecule has 15 heavy (non-hydrogen) atoms. The van der Waals surface area contributed by atoms with Crippen molar-refractivity contribution in [2.24, 2.45) is 5.73 Å². The zero-order valence-electron chi connectivity index (χ0n) is 8.90. The lowest BCUT2D eigenvalue weighted by atomic mass is 10.1. The van der Waals surface area contributed by atoms with E-state index in [4.69, 9.17) is 5.73 Å². The summed E-state index contributed by atoms with van der Waals surface area (Å²) in [5.74, 6) is -0.0724. The molecule has 4 nitrogen and oxygen atoms in total. The van der Waals surface area contributed by atoms with Crippen molar-refractivity contribution in [1.82, 2.24) is 10.3 Å². The predicted octanol–water partition coefficient (Wildman–Crippen LogP) is 1.28. The van der Waals surface area contributed by atoms with Crippen LogP contribution in [0.25, 0.3) is 0 Å². The average Bonchev–Trinajstić information content (AvgIpc) is 2.75. The second kappa shape index (κ2) is 6.53. The Bertz CT molecular complexity index is 287. The van der Waals surface area contributed by atoms with Crippen molar-refractivity contribution in [3.63, 3.8) is 0 Å². The number of rotatable bonds is 6. The summed E-state index contributed by atoms with van der Waals surface area (Å²) >= 11 is 1.53. The van der Waals surface area contributed by atoms with Gasteiger partial charge in [0.05, 0.1) is 18.1 Å². The van der Waals surface area contributed by atoms with Gasteiger partial charge in [-0.3, -0.25) is 9.78 Å². The predicted molar refractivity (Wildman–Crippen MR) is 61.5 cm³/mol. The summed E-state index contributed by atoms with van der Waals surface area (Å²) in [6.45, 7) is 2.62. The van der Waals surface area contributed by atoms with Crippen molar-refractivity contribution in [3.8, 4) is 0 Å². The summed E-state index contributed by atoms with van der Waals surface area (Å²) in [7, 11) is 0. The van der Waals surface area contributed by atoms with Crippen molar-refractivity contribution < 1.29 is 4.79 Å². The molecule has 0 aliphatic heterocycles. The number of unbranched alkanes of at least 4 members (excludes halogenated alkanes) is 1. The third kappa shape index (κ3) is 4.40. The van der Waals surface area contributed by atoms with Gasteiger partial charge in [-0.2, -0.15) is 0 Å².